The predicted octanol–water partition coefficient (Wildman–Crippen LogP) is 4.53. The first-order chi connectivity index (χ1) is 12.3. The number of rotatable bonds is 6. The molecule has 0 fully saturated rings. The molecule has 0 aliphatic heterocycles. The Kier molecular flexibility index (Phi) is 4.49. The molecule has 9 heteroatoms. The van der Waals surface area contributed by atoms with Crippen molar-refractivity contribution in [3.63, 3.8) is 0 Å². The molecule has 4 aromatic rings. The maximum absolute atomic E-state index is 5.57. The van der Waals surface area contributed by atoms with E-state index in [1.165, 1.54) is 23.1 Å². The number of aromatic nitrogens is 4. The Morgan fingerprint density at radius 2 is 2.00 bits per heavy atom. The predicted molar refractivity (Wildman–Crippen MR) is 95.9 cm³/mol. The van der Waals surface area contributed by atoms with Crippen molar-refractivity contribution in [2.75, 3.05) is 5.32 Å². The second-order valence-electron chi connectivity index (χ2n) is 5.08. The Morgan fingerprint density at radius 1 is 1.08 bits per heavy atom. The van der Waals surface area contributed by atoms with Gasteiger partial charge in [0.1, 0.15) is 0 Å². The molecule has 1 N–H and O–H groups in total. The van der Waals surface area contributed by atoms with Gasteiger partial charge in [-0.25, -0.2) is 0 Å². The molecule has 0 aliphatic rings. The Bertz CT molecular complexity index is 965. The fourth-order valence-corrected chi connectivity index (χ4v) is 3.68. The van der Waals surface area contributed by atoms with E-state index in [0.717, 1.165) is 20.7 Å². The normalized spacial score (nSPS) is 10.9. The van der Waals surface area contributed by atoms with Crippen LogP contribution in [0.1, 0.15) is 11.5 Å². The number of hydrogen-bond acceptors (Lipinski definition) is 9. The van der Waals surface area contributed by atoms with Gasteiger partial charge in [-0.3, -0.25) is 0 Å². The fourth-order valence-electron chi connectivity index (χ4n) is 2.08. The van der Waals surface area contributed by atoms with Gasteiger partial charge in [0.15, 0.2) is 10.1 Å². The molecule has 7 nitrogen and oxygen atoms in total. The molecule has 0 saturated carbocycles. The summed E-state index contributed by atoms with van der Waals surface area (Å²) in [6.07, 6.45) is 1.57. The third kappa shape index (κ3) is 3.72. The minimum Gasteiger partial charge on any atom is -0.459 e. The van der Waals surface area contributed by atoms with Crippen molar-refractivity contribution in [2.45, 2.75) is 17.0 Å². The summed E-state index contributed by atoms with van der Waals surface area (Å²) in [5.74, 6) is 1.97. The maximum atomic E-state index is 5.57. The van der Waals surface area contributed by atoms with Crippen LogP contribution in [0.4, 0.5) is 10.8 Å². The van der Waals surface area contributed by atoms with E-state index in [1.54, 1.807) is 18.4 Å². The Hall–Kier alpha value is -2.65. The number of hydrogen-bond donors (Lipinski definition) is 1. The molecule has 0 bridgehead atoms. The molecular formula is C16H13N5O2S2. The van der Waals surface area contributed by atoms with Crippen LogP contribution in [0.3, 0.4) is 0 Å². The van der Waals surface area contributed by atoms with E-state index in [-0.39, 0.29) is 0 Å². The number of furan rings is 1. The van der Waals surface area contributed by atoms with Gasteiger partial charge in [0, 0.05) is 5.69 Å². The third-order valence-electron chi connectivity index (χ3n) is 3.31. The minimum atomic E-state index is 0.375. The van der Waals surface area contributed by atoms with Crippen molar-refractivity contribution in [2.24, 2.45) is 0 Å². The fraction of sp³-hybridized carbons (Fsp3) is 0.125. The summed E-state index contributed by atoms with van der Waals surface area (Å²) in [7, 11) is 0. The van der Waals surface area contributed by atoms with Crippen LogP contribution in [0.25, 0.3) is 11.7 Å². The lowest BCUT2D eigenvalue weighted by Gasteiger charge is -2.04. The first-order valence-corrected chi connectivity index (χ1v) is 9.23. The SMILES string of the molecule is Cc1ccccc1Nc1nnc(SCc2nnc(-c3ccco3)o2)s1. The van der Waals surface area contributed by atoms with E-state index in [2.05, 4.69) is 25.7 Å². The van der Waals surface area contributed by atoms with Crippen LogP contribution < -0.4 is 5.32 Å². The van der Waals surface area contributed by atoms with Crippen LogP contribution in [0.15, 0.2) is 55.8 Å². The number of aryl methyl sites for hydroxylation is 1. The van der Waals surface area contributed by atoms with Crippen molar-refractivity contribution < 1.29 is 8.83 Å². The zero-order chi connectivity index (χ0) is 17.1. The van der Waals surface area contributed by atoms with Crippen molar-refractivity contribution in [3.8, 4) is 11.7 Å². The lowest BCUT2D eigenvalue weighted by molar-refractivity contribution is 0.494. The van der Waals surface area contributed by atoms with Gasteiger partial charge in [0.05, 0.1) is 12.0 Å². The van der Waals surface area contributed by atoms with Gasteiger partial charge in [-0.05, 0) is 30.7 Å². The smallest absolute Gasteiger partial charge is 0.283 e. The maximum Gasteiger partial charge on any atom is 0.283 e. The second kappa shape index (κ2) is 7.08. The van der Waals surface area contributed by atoms with E-state index >= 15 is 0 Å². The van der Waals surface area contributed by atoms with Crippen molar-refractivity contribution in [1.29, 1.82) is 0 Å². The summed E-state index contributed by atoms with van der Waals surface area (Å²) in [5, 5.41) is 20.4. The van der Waals surface area contributed by atoms with Gasteiger partial charge >= 0.3 is 0 Å². The topological polar surface area (TPSA) is 89.9 Å². The van der Waals surface area contributed by atoms with Crippen LogP contribution in [0, 0.1) is 6.92 Å². The highest BCUT2D eigenvalue weighted by molar-refractivity contribution is 8.00. The highest BCUT2D eigenvalue weighted by Gasteiger charge is 2.12. The third-order valence-corrected chi connectivity index (χ3v) is 5.27. The monoisotopic (exact) mass is 371 g/mol. The van der Waals surface area contributed by atoms with Crippen LogP contribution in [0.5, 0.6) is 0 Å². The molecule has 0 radical (unpaired) electrons. The molecule has 0 aliphatic carbocycles. The molecule has 0 saturated heterocycles. The number of para-hydroxylation sites is 1. The van der Waals surface area contributed by atoms with Gasteiger partial charge in [0.2, 0.25) is 11.0 Å². The number of nitrogens with one attached hydrogen (secondary N) is 1. The molecule has 3 heterocycles. The van der Waals surface area contributed by atoms with E-state index in [0.29, 0.717) is 23.3 Å². The number of nitrogens with zero attached hydrogens (tertiary/aromatic N) is 4. The van der Waals surface area contributed by atoms with E-state index < -0.39 is 0 Å². The van der Waals surface area contributed by atoms with Crippen LogP contribution in [-0.4, -0.2) is 20.4 Å². The molecule has 4 rings (SSSR count). The molecule has 0 amide bonds. The van der Waals surface area contributed by atoms with Gasteiger partial charge in [0.25, 0.3) is 5.89 Å². The molecule has 126 valence electrons. The lowest BCUT2D eigenvalue weighted by Crippen LogP contribution is -1.91. The Balaban J connectivity index is 1.38. The van der Waals surface area contributed by atoms with Crippen LogP contribution in [-0.2, 0) is 5.75 Å². The Morgan fingerprint density at radius 3 is 2.84 bits per heavy atom. The van der Waals surface area contributed by atoms with Crippen LogP contribution in [0.2, 0.25) is 0 Å². The quantitative estimate of drug-likeness (QED) is 0.495. The van der Waals surface area contributed by atoms with Gasteiger partial charge in [-0.2, -0.15) is 0 Å². The largest absolute Gasteiger partial charge is 0.459 e. The van der Waals surface area contributed by atoms with Gasteiger partial charge in [-0.15, -0.1) is 20.4 Å². The Labute approximate surface area is 151 Å². The van der Waals surface area contributed by atoms with Crippen molar-refractivity contribution >= 4 is 33.9 Å². The van der Waals surface area contributed by atoms with E-state index in [9.17, 15) is 0 Å². The second-order valence-corrected chi connectivity index (χ2v) is 7.28. The number of benzene rings is 1. The molecular weight excluding hydrogens is 358 g/mol. The summed E-state index contributed by atoms with van der Waals surface area (Å²) in [6.45, 7) is 2.05. The summed E-state index contributed by atoms with van der Waals surface area (Å²) in [4.78, 5) is 0. The van der Waals surface area contributed by atoms with Crippen molar-refractivity contribution in [3.05, 3.63) is 54.1 Å². The van der Waals surface area contributed by atoms with Crippen molar-refractivity contribution in [1.82, 2.24) is 20.4 Å². The average molecular weight is 371 g/mol. The zero-order valence-electron chi connectivity index (χ0n) is 13.2. The van der Waals surface area contributed by atoms with E-state index in [1.807, 2.05) is 31.2 Å². The van der Waals surface area contributed by atoms with Gasteiger partial charge < -0.3 is 14.2 Å². The molecule has 0 atom stereocenters. The van der Waals surface area contributed by atoms with Crippen LogP contribution >= 0.6 is 23.1 Å². The minimum absolute atomic E-state index is 0.375. The highest BCUT2D eigenvalue weighted by atomic mass is 32.2. The summed E-state index contributed by atoms with van der Waals surface area (Å²) < 4.78 is 11.6. The van der Waals surface area contributed by atoms with Gasteiger partial charge in [-0.1, -0.05) is 41.3 Å². The first kappa shape index (κ1) is 15.9. The summed E-state index contributed by atoms with van der Waals surface area (Å²) in [6, 6.07) is 11.6. The molecule has 3 aromatic heterocycles. The summed E-state index contributed by atoms with van der Waals surface area (Å²) in [5.41, 5.74) is 2.18. The number of anilines is 2. The molecule has 25 heavy (non-hydrogen) atoms. The molecule has 0 spiro atoms. The first-order valence-electron chi connectivity index (χ1n) is 7.43. The average Bonchev–Trinajstić information content (AvgIpc) is 3.37. The lowest BCUT2D eigenvalue weighted by atomic mass is 10.2. The molecule has 1 aromatic carbocycles. The number of thioether (sulfide) groups is 1. The highest BCUT2D eigenvalue weighted by Crippen LogP contribution is 2.30. The summed E-state index contributed by atoms with van der Waals surface area (Å²) >= 11 is 2.98. The zero-order valence-corrected chi connectivity index (χ0v) is 14.8. The molecule has 0 unspecified atom stereocenters. The van der Waals surface area contributed by atoms with E-state index in [4.69, 9.17) is 8.83 Å². The standard InChI is InChI=1S/C16H13N5O2S2/c1-10-5-2-3-6-11(10)17-15-20-21-16(25-15)24-9-13-18-19-14(23-13)12-7-4-8-22-12/h2-8H,9H2,1H3,(H,17,20).